The van der Waals surface area contributed by atoms with E-state index >= 15 is 0 Å². The van der Waals surface area contributed by atoms with Crippen molar-refractivity contribution >= 4 is 24.8 Å². The van der Waals surface area contributed by atoms with Crippen LogP contribution in [0.15, 0.2) is 23.7 Å². The van der Waals surface area contributed by atoms with Crippen LogP contribution in [-0.4, -0.2) is 31.9 Å². The second kappa shape index (κ2) is 6.66. The Hall–Kier alpha value is -1.32. The van der Waals surface area contributed by atoms with Gasteiger partial charge in [0.2, 0.25) is 0 Å². The first-order valence-electron chi connectivity index (χ1n) is 7.60. The number of nitriles is 1. The number of halogens is 1. The maximum atomic E-state index is 8.93. The van der Waals surface area contributed by atoms with Crippen LogP contribution < -0.4 is 5.32 Å². The maximum absolute atomic E-state index is 8.93. The van der Waals surface area contributed by atoms with Crippen LogP contribution in [0, 0.1) is 11.3 Å². The average Bonchev–Trinajstić information content (AvgIpc) is 2.68. The van der Waals surface area contributed by atoms with Gasteiger partial charge < -0.3 is 14.6 Å². The molecule has 1 N–H and O–H groups in total. The van der Waals surface area contributed by atoms with Crippen LogP contribution in [-0.2, 0) is 9.31 Å². The van der Waals surface area contributed by atoms with E-state index in [9.17, 15) is 0 Å². The molecule has 4 nitrogen and oxygen atoms in total. The van der Waals surface area contributed by atoms with E-state index in [1.807, 2.05) is 46.9 Å². The van der Waals surface area contributed by atoms with Gasteiger partial charge in [-0.25, -0.2) is 0 Å². The number of hydrogen-bond acceptors (Lipinski definition) is 4. The van der Waals surface area contributed by atoms with Crippen molar-refractivity contribution in [3.05, 3.63) is 39.8 Å². The lowest BCUT2D eigenvalue weighted by Gasteiger charge is -2.32. The predicted octanol–water partition coefficient (Wildman–Crippen LogP) is 3.45. The smallest absolute Gasteiger partial charge is 0.400 e. The first-order chi connectivity index (χ1) is 10.7. The van der Waals surface area contributed by atoms with Gasteiger partial charge in [0.1, 0.15) is 0 Å². The summed E-state index contributed by atoms with van der Waals surface area (Å²) in [4.78, 5) is 0. The Labute approximate surface area is 143 Å². The molecule has 0 radical (unpaired) electrons. The minimum Gasteiger partial charge on any atom is -0.400 e. The second-order valence-corrected chi connectivity index (χ2v) is 7.09. The van der Waals surface area contributed by atoms with Crippen molar-refractivity contribution in [1.82, 2.24) is 5.32 Å². The molecule has 1 saturated heterocycles. The van der Waals surface area contributed by atoms with Crippen LogP contribution in [0.4, 0.5) is 0 Å². The third-order valence-corrected chi connectivity index (χ3v) is 4.73. The van der Waals surface area contributed by atoms with Crippen LogP contribution in [0.3, 0.4) is 0 Å². The molecule has 23 heavy (non-hydrogen) atoms. The summed E-state index contributed by atoms with van der Waals surface area (Å²) in [7, 11) is 1.44. The fourth-order valence-electron chi connectivity index (χ4n) is 2.31. The van der Waals surface area contributed by atoms with E-state index in [-0.39, 0.29) is 11.2 Å². The van der Waals surface area contributed by atoms with Crippen molar-refractivity contribution in [3.8, 4) is 6.07 Å². The topological polar surface area (TPSA) is 54.3 Å². The minimum atomic E-state index is -0.431. The van der Waals surface area contributed by atoms with E-state index in [1.54, 1.807) is 12.1 Å². The first kappa shape index (κ1) is 18.0. The third-order valence-electron chi connectivity index (χ3n) is 4.41. The van der Waals surface area contributed by atoms with E-state index in [4.69, 9.17) is 26.2 Å². The summed E-state index contributed by atoms with van der Waals surface area (Å²) < 4.78 is 12.2. The van der Waals surface area contributed by atoms with E-state index < -0.39 is 7.12 Å². The highest BCUT2D eigenvalue weighted by atomic mass is 35.5. The molecule has 0 aliphatic carbocycles. The van der Waals surface area contributed by atoms with Crippen molar-refractivity contribution in [3.63, 3.8) is 0 Å². The summed E-state index contributed by atoms with van der Waals surface area (Å²) in [5.41, 5.74) is 1.55. The van der Waals surface area contributed by atoms with Crippen molar-refractivity contribution in [2.24, 2.45) is 0 Å². The van der Waals surface area contributed by atoms with Gasteiger partial charge >= 0.3 is 7.12 Å². The van der Waals surface area contributed by atoms with Gasteiger partial charge in [0.15, 0.2) is 0 Å². The lowest BCUT2D eigenvalue weighted by Crippen LogP contribution is -2.41. The number of rotatable bonds is 4. The average molecular weight is 333 g/mol. The molecule has 122 valence electrons. The normalized spacial score (nSPS) is 19.7. The Balaban J connectivity index is 2.35. The fraction of sp³-hybridized carbons (Fsp3) is 0.471. The van der Waals surface area contributed by atoms with Crippen LogP contribution in [0.1, 0.15) is 38.8 Å². The molecule has 1 fully saturated rings. The molecule has 2 rings (SSSR count). The van der Waals surface area contributed by atoms with Crippen LogP contribution in [0.5, 0.6) is 0 Å². The van der Waals surface area contributed by atoms with Gasteiger partial charge in [0.25, 0.3) is 0 Å². The third kappa shape index (κ3) is 3.78. The maximum Gasteiger partial charge on any atom is 0.491 e. The summed E-state index contributed by atoms with van der Waals surface area (Å²) in [6.07, 6.45) is 1.96. The number of nitrogens with zero attached hydrogens (tertiary/aromatic N) is 1. The molecule has 1 aromatic carbocycles. The van der Waals surface area contributed by atoms with Gasteiger partial charge in [-0.15, -0.1) is 0 Å². The molecule has 0 bridgehead atoms. The van der Waals surface area contributed by atoms with Crippen LogP contribution >= 0.6 is 11.6 Å². The van der Waals surface area contributed by atoms with Crippen LogP contribution in [0.25, 0.3) is 6.08 Å². The molecule has 1 aliphatic heterocycles. The molecule has 0 spiro atoms. The van der Waals surface area contributed by atoms with Gasteiger partial charge in [-0.3, -0.25) is 0 Å². The molecule has 1 aliphatic rings. The summed E-state index contributed by atoms with van der Waals surface area (Å²) >= 11 is 6.27. The van der Waals surface area contributed by atoms with Gasteiger partial charge in [-0.05, 0) is 57.9 Å². The molecule has 0 aromatic heterocycles. The largest absolute Gasteiger partial charge is 0.491 e. The summed E-state index contributed by atoms with van der Waals surface area (Å²) in [6, 6.07) is 7.33. The highest BCUT2D eigenvalue weighted by molar-refractivity contribution is 6.56. The number of nitrogens with one attached hydrogen (secondary N) is 1. The number of hydrogen-bond donors (Lipinski definition) is 1. The summed E-state index contributed by atoms with van der Waals surface area (Å²) in [5, 5.41) is 12.6. The predicted molar refractivity (Wildman–Crippen MR) is 94.2 cm³/mol. The monoisotopic (exact) mass is 332 g/mol. The van der Waals surface area contributed by atoms with Gasteiger partial charge in [-0.2, -0.15) is 5.26 Å². The van der Waals surface area contributed by atoms with E-state index in [0.29, 0.717) is 17.1 Å². The molecular formula is C17H22BClN2O2. The molecule has 6 heteroatoms. The number of benzene rings is 1. The minimum absolute atomic E-state index is 0.390. The quantitative estimate of drug-likeness (QED) is 0.858. The van der Waals surface area contributed by atoms with Crippen molar-refractivity contribution in [2.45, 2.75) is 38.9 Å². The highest BCUT2D eigenvalue weighted by Crippen LogP contribution is 2.39. The Bertz CT molecular complexity index is 649. The van der Waals surface area contributed by atoms with Crippen molar-refractivity contribution in [2.75, 3.05) is 13.6 Å². The van der Waals surface area contributed by atoms with Crippen molar-refractivity contribution in [1.29, 1.82) is 5.26 Å². The Morgan fingerprint density at radius 2 is 1.91 bits per heavy atom. The van der Waals surface area contributed by atoms with E-state index in [0.717, 1.165) is 11.0 Å². The van der Waals surface area contributed by atoms with Crippen LogP contribution in [0.2, 0.25) is 5.02 Å². The SMILES string of the molecule is CNCC(=Cc1ccc(C#N)cc1Cl)B1OC(C)(C)C(C)(C)O1. The van der Waals surface area contributed by atoms with E-state index in [2.05, 4.69) is 11.4 Å². The Morgan fingerprint density at radius 1 is 1.30 bits per heavy atom. The zero-order valence-electron chi connectivity index (χ0n) is 14.2. The zero-order valence-corrected chi connectivity index (χ0v) is 15.0. The zero-order chi connectivity index (χ0) is 17.3. The number of likely N-dealkylation sites (N-methyl/N-ethyl adjacent to an activating group) is 1. The lowest BCUT2D eigenvalue weighted by atomic mass is 9.77. The Morgan fingerprint density at radius 3 is 2.39 bits per heavy atom. The lowest BCUT2D eigenvalue weighted by molar-refractivity contribution is 0.00578. The first-order valence-corrected chi connectivity index (χ1v) is 7.98. The molecule has 0 amide bonds. The molecular weight excluding hydrogens is 310 g/mol. The summed E-state index contributed by atoms with van der Waals surface area (Å²) in [6.45, 7) is 8.72. The molecule has 0 atom stereocenters. The van der Waals surface area contributed by atoms with E-state index in [1.165, 1.54) is 0 Å². The fourth-order valence-corrected chi connectivity index (χ4v) is 2.55. The molecule has 0 unspecified atom stereocenters. The second-order valence-electron chi connectivity index (χ2n) is 6.69. The molecule has 1 aromatic rings. The highest BCUT2D eigenvalue weighted by Gasteiger charge is 2.52. The Kier molecular flexibility index (Phi) is 5.22. The van der Waals surface area contributed by atoms with Crippen molar-refractivity contribution < 1.29 is 9.31 Å². The molecule has 1 heterocycles. The van der Waals surface area contributed by atoms with Gasteiger partial charge in [0, 0.05) is 11.6 Å². The van der Waals surface area contributed by atoms with Gasteiger partial charge in [-0.1, -0.05) is 23.7 Å². The molecule has 0 saturated carbocycles. The summed E-state index contributed by atoms with van der Waals surface area (Å²) in [5.74, 6) is 0. The standard InChI is InChI=1S/C17H22BClN2O2/c1-16(2)17(3,4)23-18(22-16)14(11-21-5)9-13-7-6-12(10-20)8-15(13)19/h6-9,21H,11H2,1-5H3. The van der Waals surface area contributed by atoms with Gasteiger partial charge in [0.05, 0.1) is 22.8 Å².